The molecule has 3 rings (SSSR count). The number of aryl methyl sites for hydroxylation is 1. The van der Waals surface area contributed by atoms with Crippen LogP contribution in [0.25, 0.3) is 11.3 Å². The number of thiazole rings is 1. The first-order chi connectivity index (χ1) is 12.4. The molecule has 0 saturated heterocycles. The number of amides is 1. The molecule has 0 atom stereocenters. The lowest BCUT2D eigenvalue weighted by Crippen LogP contribution is -2.13. The highest BCUT2D eigenvalue weighted by molar-refractivity contribution is 9.10. The average molecular weight is 430 g/mol. The highest BCUT2D eigenvalue weighted by Crippen LogP contribution is 2.31. The molecule has 26 heavy (non-hydrogen) atoms. The Balaban J connectivity index is 1.73. The van der Waals surface area contributed by atoms with Crippen molar-refractivity contribution >= 4 is 38.3 Å². The first kappa shape index (κ1) is 18.8. The van der Waals surface area contributed by atoms with Crippen LogP contribution < -0.4 is 5.32 Å². The monoisotopic (exact) mass is 429 g/mol. The summed E-state index contributed by atoms with van der Waals surface area (Å²) in [5.41, 5.74) is 3.74. The maximum absolute atomic E-state index is 12.5. The van der Waals surface area contributed by atoms with E-state index in [0.29, 0.717) is 10.7 Å². The van der Waals surface area contributed by atoms with Gasteiger partial charge in [-0.2, -0.15) is 0 Å². The highest BCUT2D eigenvalue weighted by Gasteiger charge is 2.13. The van der Waals surface area contributed by atoms with E-state index in [9.17, 15) is 4.79 Å². The summed E-state index contributed by atoms with van der Waals surface area (Å²) in [6, 6.07) is 15.7. The maximum atomic E-state index is 12.5. The zero-order valence-electron chi connectivity index (χ0n) is 14.9. The topological polar surface area (TPSA) is 45.2 Å². The van der Waals surface area contributed by atoms with Crippen LogP contribution >= 0.6 is 27.3 Å². The van der Waals surface area contributed by atoms with Crippen molar-refractivity contribution < 1.29 is 4.79 Å². The van der Waals surface area contributed by atoms with Gasteiger partial charge in [0.05, 0.1) is 5.69 Å². The fourth-order valence-electron chi connectivity index (χ4n) is 2.62. The van der Waals surface area contributed by atoms with Gasteiger partial charge in [0.1, 0.15) is 0 Å². The number of aromatic nitrogens is 1. The van der Waals surface area contributed by atoms with Crippen molar-refractivity contribution in [2.75, 3.05) is 19.4 Å². The van der Waals surface area contributed by atoms with Crippen LogP contribution in [0.5, 0.6) is 0 Å². The fourth-order valence-corrected chi connectivity index (χ4v) is 3.72. The summed E-state index contributed by atoms with van der Waals surface area (Å²) in [6.45, 7) is 2.87. The van der Waals surface area contributed by atoms with E-state index in [0.717, 1.165) is 27.2 Å². The molecule has 0 aliphatic heterocycles. The number of rotatable bonds is 5. The minimum absolute atomic E-state index is 0.141. The summed E-state index contributed by atoms with van der Waals surface area (Å²) < 4.78 is 1.03. The van der Waals surface area contributed by atoms with Crippen LogP contribution in [0, 0.1) is 6.92 Å². The molecule has 1 amide bonds. The number of anilines is 1. The molecular weight excluding hydrogens is 410 g/mol. The Morgan fingerprint density at radius 3 is 2.38 bits per heavy atom. The Morgan fingerprint density at radius 1 is 1.12 bits per heavy atom. The van der Waals surface area contributed by atoms with E-state index in [1.807, 2.05) is 69.6 Å². The predicted molar refractivity (Wildman–Crippen MR) is 112 cm³/mol. The zero-order chi connectivity index (χ0) is 18.7. The van der Waals surface area contributed by atoms with Gasteiger partial charge in [-0.1, -0.05) is 40.2 Å². The van der Waals surface area contributed by atoms with E-state index in [1.54, 1.807) is 0 Å². The quantitative estimate of drug-likeness (QED) is 0.606. The van der Waals surface area contributed by atoms with E-state index in [4.69, 9.17) is 0 Å². The average Bonchev–Trinajstić information content (AvgIpc) is 2.96. The number of carbonyl (C=O) groups excluding carboxylic acids is 1. The molecule has 0 radical (unpaired) electrons. The van der Waals surface area contributed by atoms with Crippen molar-refractivity contribution in [3.8, 4) is 11.3 Å². The van der Waals surface area contributed by atoms with E-state index in [2.05, 4.69) is 31.1 Å². The molecule has 0 aliphatic carbocycles. The van der Waals surface area contributed by atoms with Gasteiger partial charge >= 0.3 is 0 Å². The molecule has 0 fully saturated rings. The van der Waals surface area contributed by atoms with Gasteiger partial charge < -0.3 is 4.90 Å². The molecule has 0 bridgehead atoms. The lowest BCUT2D eigenvalue weighted by Gasteiger charge is -2.09. The van der Waals surface area contributed by atoms with Crippen molar-refractivity contribution in [3.63, 3.8) is 0 Å². The smallest absolute Gasteiger partial charge is 0.257 e. The number of halogens is 1. The molecule has 3 aromatic rings. The van der Waals surface area contributed by atoms with Crippen LogP contribution in [0.1, 0.15) is 20.8 Å². The molecule has 1 heterocycles. The van der Waals surface area contributed by atoms with Crippen LogP contribution in [0.3, 0.4) is 0 Å². The van der Waals surface area contributed by atoms with Gasteiger partial charge in [0.15, 0.2) is 5.13 Å². The largest absolute Gasteiger partial charge is 0.305 e. The highest BCUT2D eigenvalue weighted by atomic mass is 79.9. The lowest BCUT2D eigenvalue weighted by atomic mass is 10.1. The van der Waals surface area contributed by atoms with Crippen molar-refractivity contribution in [3.05, 3.63) is 69.0 Å². The summed E-state index contributed by atoms with van der Waals surface area (Å²) in [7, 11) is 4.04. The van der Waals surface area contributed by atoms with Gasteiger partial charge in [0, 0.05) is 27.0 Å². The minimum Gasteiger partial charge on any atom is -0.305 e. The van der Waals surface area contributed by atoms with Crippen molar-refractivity contribution in [2.45, 2.75) is 13.5 Å². The fraction of sp³-hybridized carbons (Fsp3) is 0.200. The number of nitrogens with one attached hydrogen (secondary N) is 1. The SMILES string of the molecule is Cc1sc(NC(=O)c2ccc(CN(C)C)cc2)nc1-c1ccc(Br)cc1. The van der Waals surface area contributed by atoms with Crippen molar-refractivity contribution in [2.24, 2.45) is 0 Å². The van der Waals surface area contributed by atoms with Crippen molar-refractivity contribution in [1.29, 1.82) is 0 Å². The zero-order valence-corrected chi connectivity index (χ0v) is 17.3. The van der Waals surface area contributed by atoms with Crippen LogP contribution in [-0.4, -0.2) is 29.9 Å². The summed E-state index contributed by atoms with van der Waals surface area (Å²) in [6.07, 6.45) is 0. The Labute approximate surface area is 166 Å². The van der Waals surface area contributed by atoms with E-state index >= 15 is 0 Å². The Bertz CT molecular complexity index is 902. The summed E-state index contributed by atoms with van der Waals surface area (Å²) in [5.74, 6) is -0.141. The van der Waals surface area contributed by atoms with Gasteiger partial charge in [-0.25, -0.2) is 4.98 Å². The van der Waals surface area contributed by atoms with Crippen LogP contribution in [-0.2, 0) is 6.54 Å². The molecule has 134 valence electrons. The molecule has 0 aliphatic rings. The third kappa shape index (κ3) is 4.58. The molecule has 0 unspecified atom stereocenters. The third-order valence-electron chi connectivity index (χ3n) is 3.85. The minimum atomic E-state index is -0.141. The molecule has 2 aromatic carbocycles. The first-order valence-electron chi connectivity index (χ1n) is 8.21. The second-order valence-corrected chi connectivity index (χ2v) is 8.44. The third-order valence-corrected chi connectivity index (χ3v) is 5.26. The van der Waals surface area contributed by atoms with E-state index < -0.39 is 0 Å². The van der Waals surface area contributed by atoms with Crippen molar-refractivity contribution in [1.82, 2.24) is 9.88 Å². The van der Waals surface area contributed by atoms with Crippen LogP contribution in [0.2, 0.25) is 0 Å². The normalized spacial score (nSPS) is 11.0. The summed E-state index contributed by atoms with van der Waals surface area (Å²) in [4.78, 5) is 20.3. The van der Waals surface area contributed by atoms with Crippen LogP contribution in [0.4, 0.5) is 5.13 Å². The number of carbonyl (C=O) groups is 1. The molecule has 4 nitrogen and oxygen atoms in total. The molecule has 1 aromatic heterocycles. The number of benzene rings is 2. The van der Waals surface area contributed by atoms with E-state index in [-0.39, 0.29) is 5.91 Å². The summed E-state index contributed by atoms with van der Waals surface area (Å²) >= 11 is 4.93. The maximum Gasteiger partial charge on any atom is 0.257 e. The molecule has 1 N–H and O–H groups in total. The Kier molecular flexibility index (Phi) is 5.86. The van der Waals surface area contributed by atoms with E-state index in [1.165, 1.54) is 16.9 Å². The first-order valence-corrected chi connectivity index (χ1v) is 9.82. The van der Waals surface area contributed by atoms with Gasteiger partial charge in [0.25, 0.3) is 5.91 Å². The molecule has 0 spiro atoms. The predicted octanol–water partition coefficient (Wildman–Crippen LogP) is 5.19. The van der Waals surface area contributed by atoms with Gasteiger partial charge in [-0.05, 0) is 50.8 Å². The molecular formula is C20H20BrN3OS. The number of nitrogens with zero attached hydrogens (tertiary/aromatic N) is 2. The molecule has 0 saturated carbocycles. The number of hydrogen-bond donors (Lipinski definition) is 1. The second-order valence-electron chi connectivity index (χ2n) is 6.32. The standard InChI is InChI=1S/C20H20BrN3OS/c1-13-18(15-8-10-17(21)11-9-15)22-20(26-13)23-19(25)16-6-4-14(5-7-16)12-24(2)3/h4-11H,12H2,1-3H3,(H,22,23,25). The van der Waals surface area contributed by atoms with Gasteiger partial charge in [-0.15, -0.1) is 11.3 Å². The second kappa shape index (κ2) is 8.12. The van der Waals surface area contributed by atoms with Gasteiger partial charge in [-0.3, -0.25) is 10.1 Å². The summed E-state index contributed by atoms with van der Waals surface area (Å²) in [5, 5.41) is 3.52. The Morgan fingerprint density at radius 2 is 1.77 bits per heavy atom. The number of hydrogen-bond acceptors (Lipinski definition) is 4. The molecule has 6 heteroatoms. The van der Waals surface area contributed by atoms with Gasteiger partial charge in [0.2, 0.25) is 0 Å². The van der Waals surface area contributed by atoms with Crippen LogP contribution in [0.15, 0.2) is 53.0 Å². The lowest BCUT2D eigenvalue weighted by molar-refractivity contribution is 0.102. The Hall–Kier alpha value is -2.02.